The molecule has 0 saturated carbocycles. The van der Waals surface area contributed by atoms with Gasteiger partial charge in [-0.25, -0.2) is 8.78 Å². The van der Waals surface area contributed by atoms with E-state index >= 15 is 0 Å². The molecule has 2 rings (SSSR count). The first-order valence-corrected chi connectivity index (χ1v) is 7.79. The van der Waals surface area contributed by atoms with Crippen LogP contribution in [0.15, 0.2) is 52.3 Å². The van der Waals surface area contributed by atoms with Gasteiger partial charge in [-0.3, -0.25) is 0 Å². The molecule has 1 N–H and O–H groups in total. The van der Waals surface area contributed by atoms with Gasteiger partial charge in [-0.1, -0.05) is 43.8 Å². The number of hydrogen-bond acceptors (Lipinski definition) is 2. The van der Waals surface area contributed by atoms with E-state index in [9.17, 15) is 8.78 Å². The molecule has 0 aliphatic heterocycles. The molecule has 1 nitrogen and oxygen atoms in total. The molecular weight excluding hydrogens is 288 g/mol. The second-order valence-electron chi connectivity index (χ2n) is 5.32. The minimum atomic E-state index is -0.329. The number of halogens is 2. The molecule has 2 aromatic rings. The van der Waals surface area contributed by atoms with Crippen LogP contribution in [0.2, 0.25) is 0 Å². The number of hydrogen-bond donors (Lipinski definition) is 1. The lowest BCUT2D eigenvalue weighted by Crippen LogP contribution is -2.18. The van der Waals surface area contributed by atoms with Gasteiger partial charge in [0.05, 0.1) is 0 Å². The normalized spacial score (nSPS) is 11.1. The lowest BCUT2D eigenvalue weighted by Gasteiger charge is -2.09. The van der Waals surface area contributed by atoms with E-state index in [0.29, 0.717) is 22.3 Å². The highest BCUT2D eigenvalue weighted by Crippen LogP contribution is 2.31. The van der Waals surface area contributed by atoms with Gasteiger partial charge in [0, 0.05) is 16.3 Å². The van der Waals surface area contributed by atoms with Crippen LogP contribution in [0.1, 0.15) is 19.4 Å². The summed E-state index contributed by atoms with van der Waals surface area (Å²) >= 11 is 1.11. The lowest BCUT2D eigenvalue weighted by molar-refractivity contribution is 0.548. The minimum absolute atomic E-state index is 0.313. The van der Waals surface area contributed by atoms with E-state index in [1.807, 2.05) is 6.07 Å². The van der Waals surface area contributed by atoms with Crippen molar-refractivity contribution in [1.29, 1.82) is 0 Å². The fourth-order valence-corrected chi connectivity index (χ4v) is 2.73. The summed E-state index contributed by atoms with van der Waals surface area (Å²) < 4.78 is 27.7. The molecule has 0 aliphatic carbocycles. The summed E-state index contributed by atoms with van der Waals surface area (Å²) in [6.07, 6.45) is 0. The van der Waals surface area contributed by atoms with Crippen molar-refractivity contribution in [3.05, 3.63) is 59.7 Å². The highest BCUT2D eigenvalue weighted by atomic mass is 32.2. The summed E-state index contributed by atoms with van der Waals surface area (Å²) in [5.41, 5.74) is 0.894. The predicted octanol–water partition coefficient (Wildman–Crippen LogP) is 4.86. The molecule has 0 spiro atoms. The van der Waals surface area contributed by atoms with Crippen LogP contribution in [0.3, 0.4) is 0 Å². The van der Waals surface area contributed by atoms with Gasteiger partial charge in [-0.15, -0.1) is 0 Å². The van der Waals surface area contributed by atoms with Crippen molar-refractivity contribution < 1.29 is 8.78 Å². The third kappa shape index (κ3) is 4.83. The van der Waals surface area contributed by atoms with E-state index in [1.165, 1.54) is 12.1 Å². The van der Waals surface area contributed by atoms with Gasteiger partial charge >= 0.3 is 0 Å². The Balaban J connectivity index is 2.04. The molecule has 0 saturated heterocycles. The van der Waals surface area contributed by atoms with Gasteiger partial charge in [0.2, 0.25) is 0 Å². The molecule has 0 heterocycles. The van der Waals surface area contributed by atoms with Crippen LogP contribution in [0.4, 0.5) is 8.78 Å². The molecular formula is C17H19F2NS. The predicted molar refractivity (Wildman–Crippen MR) is 83.5 cm³/mol. The van der Waals surface area contributed by atoms with Crippen molar-refractivity contribution in [3.8, 4) is 0 Å². The number of nitrogens with one attached hydrogen (secondary N) is 1. The summed E-state index contributed by atoms with van der Waals surface area (Å²) in [5, 5.41) is 3.27. The summed E-state index contributed by atoms with van der Waals surface area (Å²) in [4.78, 5) is 0.870. The monoisotopic (exact) mass is 307 g/mol. The van der Waals surface area contributed by atoms with Gasteiger partial charge in [0.1, 0.15) is 11.6 Å². The molecule has 0 aromatic heterocycles. The molecule has 0 atom stereocenters. The maximum absolute atomic E-state index is 14.1. The highest BCUT2D eigenvalue weighted by Gasteiger charge is 2.08. The minimum Gasteiger partial charge on any atom is -0.312 e. The van der Waals surface area contributed by atoms with Crippen LogP contribution in [0.25, 0.3) is 0 Å². The zero-order valence-corrected chi connectivity index (χ0v) is 13.0. The molecule has 0 bridgehead atoms. The maximum Gasteiger partial charge on any atom is 0.137 e. The standard InChI is InChI=1S/C17H19F2NS/c1-12(2)10-20-11-13-7-8-17(15(19)9-13)21-16-6-4-3-5-14(16)18/h3-9,12,20H,10-11H2,1-2H3. The van der Waals surface area contributed by atoms with Crippen LogP contribution in [0.5, 0.6) is 0 Å². The Morgan fingerprint density at radius 3 is 2.38 bits per heavy atom. The van der Waals surface area contributed by atoms with Crippen molar-refractivity contribution >= 4 is 11.8 Å². The summed E-state index contributed by atoms with van der Waals surface area (Å²) in [7, 11) is 0. The molecule has 4 heteroatoms. The Morgan fingerprint density at radius 1 is 1.00 bits per heavy atom. The Morgan fingerprint density at radius 2 is 1.71 bits per heavy atom. The Hall–Kier alpha value is -1.39. The molecule has 112 valence electrons. The van der Waals surface area contributed by atoms with Crippen molar-refractivity contribution in [2.75, 3.05) is 6.54 Å². The number of benzene rings is 2. The molecule has 21 heavy (non-hydrogen) atoms. The van der Waals surface area contributed by atoms with E-state index < -0.39 is 0 Å². The quantitative estimate of drug-likeness (QED) is 0.818. The summed E-state index contributed by atoms with van der Waals surface area (Å²) in [6, 6.07) is 11.5. The van der Waals surface area contributed by atoms with Crippen molar-refractivity contribution in [3.63, 3.8) is 0 Å². The Labute approximate surface area is 128 Å². The summed E-state index contributed by atoms with van der Waals surface area (Å²) in [6.45, 7) is 5.79. The second kappa shape index (κ2) is 7.57. The van der Waals surface area contributed by atoms with Crippen LogP contribution in [0, 0.1) is 17.6 Å². The maximum atomic E-state index is 14.1. The molecule has 0 unspecified atom stereocenters. The van der Waals surface area contributed by atoms with Crippen molar-refractivity contribution in [1.82, 2.24) is 5.32 Å². The van der Waals surface area contributed by atoms with Gasteiger partial charge < -0.3 is 5.32 Å². The lowest BCUT2D eigenvalue weighted by atomic mass is 10.2. The Bertz CT molecular complexity index is 599. The zero-order chi connectivity index (χ0) is 15.2. The van der Waals surface area contributed by atoms with E-state index in [0.717, 1.165) is 23.9 Å². The molecule has 0 amide bonds. The summed E-state index contributed by atoms with van der Waals surface area (Å²) in [5.74, 6) is -0.0811. The molecule has 2 aromatic carbocycles. The van der Waals surface area contributed by atoms with E-state index in [-0.39, 0.29) is 11.6 Å². The van der Waals surface area contributed by atoms with Crippen LogP contribution < -0.4 is 5.32 Å². The molecule has 0 aliphatic rings. The van der Waals surface area contributed by atoms with Crippen molar-refractivity contribution in [2.24, 2.45) is 5.92 Å². The van der Waals surface area contributed by atoms with Crippen LogP contribution >= 0.6 is 11.8 Å². The first-order valence-electron chi connectivity index (χ1n) is 6.98. The van der Waals surface area contributed by atoms with Gasteiger partial charge in [-0.05, 0) is 42.3 Å². The highest BCUT2D eigenvalue weighted by molar-refractivity contribution is 7.99. The van der Waals surface area contributed by atoms with E-state index in [4.69, 9.17) is 0 Å². The smallest absolute Gasteiger partial charge is 0.137 e. The molecule has 0 fully saturated rings. The largest absolute Gasteiger partial charge is 0.312 e. The zero-order valence-electron chi connectivity index (χ0n) is 12.2. The third-order valence-electron chi connectivity index (χ3n) is 2.93. The number of rotatable bonds is 6. The fraction of sp³-hybridized carbons (Fsp3) is 0.294. The fourth-order valence-electron chi connectivity index (χ4n) is 1.89. The van der Waals surface area contributed by atoms with E-state index in [2.05, 4.69) is 19.2 Å². The first kappa shape index (κ1) is 16.0. The Kier molecular flexibility index (Phi) is 5.76. The van der Waals surface area contributed by atoms with Crippen molar-refractivity contribution in [2.45, 2.75) is 30.2 Å². The van der Waals surface area contributed by atoms with Gasteiger partial charge in [0.15, 0.2) is 0 Å². The van der Waals surface area contributed by atoms with Gasteiger partial charge in [0.25, 0.3) is 0 Å². The topological polar surface area (TPSA) is 12.0 Å². The SMILES string of the molecule is CC(C)CNCc1ccc(Sc2ccccc2F)c(F)c1. The van der Waals surface area contributed by atoms with Gasteiger partial charge in [-0.2, -0.15) is 0 Å². The van der Waals surface area contributed by atoms with Crippen LogP contribution in [-0.4, -0.2) is 6.54 Å². The first-order chi connectivity index (χ1) is 10.1. The van der Waals surface area contributed by atoms with E-state index in [1.54, 1.807) is 24.3 Å². The average Bonchev–Trinajstić information content (AvgIpc) is 2.43. The second-order valence-corrected chi connectivity index (χ2v) is 6.41. The van der Waals surface area contributed by atoms with Crippen LogP contribution in [-0.2, 0) is 6.54 Å². The third-order valence-corrected chi connectivity index (χ3v) is 4.04. The average molecular weight is 307 g/mol. The molecule has 0 radical (unpaired) electrons.